The van der Waals surface area contributed by atoms with Crippen LogP contribution in [0.1, 0.15) is 96.8 Å². The van der Waals surface area contributed by atoms with Gasteiger partial charge < -0.3 is 48.4 Å². The minimum Gasteiger partial charge on any atom is -0.472 e. The number of anilines is 4. The maximum atomic E-state index is 12.6. The van der Waals surface area contributed by atoms with E-state index >= 15 is 0 Å². The highest BCUT2D eigenvalue weighted by Crippen LogP contribution is 2.32. The molecule has 0 radical (unpaired) electrons. The third-order valence-electron chi connectivity index (χ3n) is 17.7. The minimum absolute atomic E-state index is 0.108. The molecule has 0 saturated carbocycles. The summed E-state index contributed by atoms with van der Waals surface area (Å²) in [5.74, 6) is -0.0908. The van der Waals surface area contributed by atoms with E-state index in [-0.39, 0.29) is 23.6 Å². The topological polar surface area (TPSA) is 201 Å². The number of aryl methyl sites for hydroxylation is 6. The molecule has 16 rings (SSSR count). The molecule has 8 aromatic carbocycles. The maximum Gasteiger partial charge on any atom is 0.276 e. The summed E-state index contributed by atoms with van der Waals surface area (Å²) in [7, 11) is 0. The minimum atomic E-state index is -0.267. The smallest absolute Gasteiger partial charge is 0.276 e. The van der Waals surface area contributed by atoms with Crippen molar-refractivity contribution < 1.29 is 28.0 Å². The number of hydrogen-bond donors (Lipinski definition) is 4. The van der Waals surface area contributed by atoms with Gasteiger partial charge >= 0.3 is 0 Å². The molecule has 0 unspecified atom stereocenters. The molecular weight excluding hydrogens is 1300 g/mol. The number of para-hydroxylation sites is 4. The van der Waals surface area contributed by atoms with Crippen molar-refractivity contribution in [3.8, 4) is 0 Å². The first-order valence-corrected chi connectivity index (χ1v) is 34.6. The van der Waals surface area contributed by atoms with Crippen molar-refractivity contribution in [3.63, 3.8) is 0 Å². The Bertz CT molecular complexity index is 5430. The van der Waals surface area contributed by atoms with Crippen molar-refractivity contribution in [1.82, 2.24) is 33.4 Å². The first-order valence-electron chi connectivity index (χ1n) is 33.7. The molecule has 512 valence electrons. The van der Waals surface area contributed by atoms with Gasteiger partial charge in [-0.15, -0.1) is 16.4 Å². The van der Waals surface area contributed by atoms with Crippen LogP contribution >= 0.6 is 11.3 Å². The molecule has 0 bridgehead atoms. The van der Waals surface area contributed by atoms with E-state index in [4.69, 9.17) is 8.83 Å². The molecule has 18 heteroatoms. The van der Waals surface area contributed by atoms with Crippen LogP contribution in [-0.4, -0.2) is 57.1 Å². The maximum absolute atomic E-state index is 12.6. The van der Waals surface area contributed by atoms with Crippen molar-refractivity contribution in [2.75, 3.05) is 21.3 Å². The number of furan rings is 2. The van der Waals surface area contributed by atoms with Crippen LogP contribution in [-0.2, 0) is 26.2 Å². The molecule has 0 fully saturated rings. The van der Waals surface area contributed by atoms with E-state index in [1.54, 1.807) is 42.9 Å². The van der Waals surface area contributed by atoms with Gasteiger partial charge in [-0.05, 0) is 112 Å². The lowest BCUT2D eigenvalue weighted by Crippen LogP contribution is -2.13. The van der Waals surface area contributed by atoms with Crippen LogP contribution in [0.25, 0.3) is 43.6 Å². The number of benzene rings is 8. The lowest BCUT2D eigenvalue weighted by atomic mass is 10.1. The molecule has 0 aliphatic heterocycles. The molecule has 0 atom stereocenters. The SMILES string of the molecule is Cc1ccc(Cn2cc(NC(=O)c3cccnn3)c3ccccc32)cc1.Cc1ccc(Cn2cc(NC(=O)c3ccoc3)c3ccccc32)cc1.Cc1ccc(Cn2cc(NC(=O)c3ccoc3C)c3ccccc32)cc1.Cc1ccc(Cn2cc(NC(=O)c3scnc3C)c3ccccc32)cc1. The van der Waals surface area contributed by atoms with Crippen molar-refractivity contribution in [3.05, 3.63) is 351 Å². The Balaban J connectivity index is 0.000000122. The highest BCUT2D eigenvalue weighted by atomic mass is 32.1. The highest BCUT2D eigenvalue weighted by molar-refractivity contribution is 7.12. The zero-order valence-corrected chi connectivity index (χ0v) is 58.6. The van der Waals surface area contributed by atoms with Gasteiger partial charge in [0.15, 0.2) is 5.69 Å². The molecule has 4 amide bonds. The third-order valence-corrected chi connectivity index (χ3v) is 18.6. The number of hydrogen-bond acceptors (Lipinski definition) is 10. The number of thiazole rings is 1. The molecule has 0 aliphatic carbocycles. The Morgan fingerprint density at radius 3 is 1.12 bits per heavy atom. The summed E-state index contributed by atoms with van der Waals surface area (Å²) in [4.78, 5) is 54.8. The highest BCUT2D eigenvalue weighted by Gasteiger charge is 2.20. The summed E-state index contributed by atoms with van der Waals surface area (Å²) in [5.41, 5.74) is 21.2. The molecular formula is C85H75N11O6S. The summed E-state index contributed by atoms with van der Waals surface area (Å²) in [6, 6.07) is 73.0. The van der Waals surface area contributed by atoms with Gasteiger partial charge in [0.25, 0.3) is 23.6 Å². The van der Waals surface area contributed by atoms with Crippen molar-refractivity contribution in [2.45, 2.75) is 67.7 Å². The van der Waals surface area contributed by atoms with Crippen LogP contribution in [0.3, 0.4) is 0 Å². The van der Waals surface area contributed by atoms with Crippen LogP contribution in [0.15, 0.2) is 283 Å². The van der Waals surface area contributed by atoms with Crippen molar-refractivity contribution >= 4 is 101 Å². The number of amides is 4. The number of aromatic nitrogens is 7. The Labute approximate surface area is 599 Å². The third kappa shape index (κ3) is 16.5. The van der Waals surface area contributed by atoms with Gasteiger partial charge in [-0.3, -0.25) is 19.2 Å². The van der Waals surface area contributed by atoms with Gasteiger partial charge in [-0.25, -0.2) is 4.98 Å². The van der Waals surface area contributed by atoms with Gasteiger partial charge in [0.2, 0.25) is 0 Å². The van der Waals surface area contributed by atoms with Gasteiger partial charge in [0.05, 0.1) is 79.7 Å². The normalized spacial score (nSPS) is 10.9. The van der Waals surface area contributed by atoms with E-state index < -0.39 is 0 Å². The van der Waals surface area contributed by atoms with E-state index in [1.807, 2.05) is 105 Å². The van der Waals surface area contributed by atoms with Crippen LogP contribution in [0.5, 0.6) is 0 Å². The second kappa shape index (κ2) is 31.5. The van der Waals surface area contributed by atoms with Crippen LogP contribution in [0.2, 0.25) is 0 Å². The van der Waals surface area contributed by atoms with E-state index in [1.165, 1.54) is 74.6 Å². The fourth-order valence-electron chi connectivity index (χ4n) is 12.2. The molecule has 0 saturated heterocycles. The number of carbonyl (C=O) groups is 4. The Morgan fingerprint density at radius 2 is 0.777 bits per heavy atom. The van der Waals surface area contributed by atoms with E-state index in [0.717, 1.165) is 98.2 Å². The number of rotatable bonds is 16. The van der Waals surface area contributed by atoms with Crippen molar-refractivity contribution in [2.24, 2.45) is 0 Å². The quantitative estimate of drug-likeness (QED) is 0.0726. The number of fused-ring (bicyclic) bond motifs is 4. The standard InChI is InChI=1S/C22H20N2O2.C21H18N4O.C21H19N3OS.C21H18N2O2/c1-15-7-9-17(10-8-15)13-24-14-20(19-5-3-4-6-21(19)24)23-22(25)18-11-12-26-16(18)2;1-15-8-10-16(11-9-15)13-25-14-19(17-5-2-3-7-20(17)25)23-21(26)18-6-4-12-22-24-18;1-14-7-9-16(10-8-14)11-24-12-18(17-5-3-4-6-19(17)24)23-21(25)20-15(2)22-13-26-20;1-15-6-8-16(9-7-15)12-23-13-19(18-4-2-3-5-20(18)23)22-21(24)17-10-11-25-14-17/h3-12,14H,13H2,1-2H3,(H,23,25);2-12,14H,13H2,1H3,(H,23,26);3-10,12-13H,11H2,1-2H3,(H,23,25);2-11,13-14H,12H2,1H3,(H,22,24). The molecule has 8 aromatic heterocycles. The molecule has 16 aromatic rings. The number of nitrogens with one attached hydrogen (secondary N) is 4. The molecule has 0 aliphatic rings. The Hall–Kier alpha value is -12.9. The van der Waals surface area contributed by atoms with E-state index in [9.17, 15) is 19.2 Å². The second-order valence-electron chi connectivity index (χ2n) is 25.3. The van der Waals surface area contributed by atoms with Gasteiger partial charge in [0.1, 0.15) is 16.9 Å². The Morgan fingerprint density at radius 1 is 0.398 bits per heavy atom. The average molecular weight is 1380 g/mol. The first kappa shape index (κ1) is 68.6. The summed E-state index contributed by atoms with van der Waals surface area (Å²) in [5, 5.41) is 23.7. The molecule has 17 nitrogen and oxygen atoms in total. The fourth-order valence-corrected chi connectivity index (χ4v) is 12.9. The van der Waals surface area contributed by atoms with Gasteiger partial charge in [0, 0.05) is 78.7 Å². The fraction of sp³-hybridized carbons (Fsp3) is 0.118. The monoisotopic (exact) mass is 1380 g/mol. The zero-order valence-electron chi connectivity index (χ0n) is 57.8. The molecule has 0 spiro atoms. The summed E-state index contributed by atoms with van der Waals surface area (Å²) < 4.78 is 18.9. The number of nitrogens with zero attached hydrogens (tertiary/aromatic N) is 7. The average Bonchev–Trinajstić information content (AvgIpc) is 1.67. The lowest BCUT2D eigenvalue weighted by Gasteiger charge is -2.06. The van der Waals surface area contributed by atoms with E-state index in [2.05, 4.69) is 204 Å². The van der Waals surface area contributed by atoms with Crippen molar-refractivity contribution in [1.29, 1.82) is 0 Å². The first-order chi connectivity index (χ1) is 50.1. The molecule has 8 heterocycles. The number of carbonyl (C=O) groups excluding carboxylic acids is 4. The van der Waals surface area contributed by atoms with Crippen LogP contribution < -0.4 is 21.3 Å². The lowest BCUT2D eigenvalue weighted by molar-refractivity contribution is 0.101. The molecule has 4 N–H and O–H groups in total. The summed E-state index contributed by atoms with van der Waals surface area (Å²) in [6.07, 6.45) is 14.0. The van der Waals surface area contributed by atoms with Crippen LogP contribution in [0, 0.1) is 41.5 Å². The predicted molar refractivity (Wildman–Crippen MR) is 412 cm³/mol. The van der Waals surface area contributed by atoms with E-state index in [0.29, 0.717) is 27.5 Å². The second-order valence-corrected chi connectivity index (χ2v) is 26.1. The van der Waals surface area contributed by atoms with Crippen LogP contribution in [0.4, 0.5) is 22.7 Å². The summed E-state index contributed by atoms with van der Waals surface area (Å²) >= 11 is 1.36. The molecule has 103 heavy (non-hydrogen) atoms. The van der Waals surface area contributed by atoms with Gasteiger partial charge in [-0.2, -0.15) is 5.10 Å². The predicted octanol–water partition coefficient (Wildman–Crippen LogP) is 19.1. The van der Waals surface area contributed by atoms with Gasteiger partial charge in [-0.1, -0.05) is 192 Å². The Kier molecular flexibility index (Phi) is 21.0. The largest absolute Gasteiger partial charge is 0.472 e. The summed E-state index contributed by atoms with van der Waals surface area (Å²) in [6.45, 7) is 15.0. The zero-order chi connectivity index (χ0) is 71.3.